The van der Waals surface area contributed by atoms with Gasteiger partial charge in [-0.25, -0.2) is 13.1 Å². The summed E-state index contributed by atoms with van der Waals surface area (Å²) >= 11 is 0. The Morgan fingerprint density at radius 2 is 2.00 bits per heavy atom. The first-order valence-corrected chi connectivity index (χ1v) is 7.04. The van der Waals surface area contributed by atoms with Gasteiger partial charge in [0, 0.05) is 12.1 Å². The van der Waals surface area contributed by atoms with E-state index in [-0.39, 0.29) is 30.4 Å². The Labute approximate surface area is 106 Å². The molecule has 3 N–H and O–H groups in total. The van der Waals surface area contributed by atoms with E-state index >= 15 is 0 Å². The smallest absolute Gasteiger partial charge is 0.224 e. The number of phenolic OH excluding ortho intramolecular Hbond substituents is 1. The fourth-order valence-corrected chi connectivity index (χ4v) is 1.90. The second-order valence-electron chi connectivity index (χ2n) is 3.68. The summed E-state index contributed by atoms with van der Waals surface area (Å²) in [5.41, 5.74) is 0.506. The van der Waals surface area contributed by atoms with Gasteiger partial charge < -0.3 is 10.4 Å². The number of rotatable bonds is 6. The van der Waals surface area contributed by atoms with Gasteiger partial charge in [0.05, 0.1) is 12.2 Å². The van der Waals surface area contributed by atoms with E-state index in [0.717, 1.165) is 0 Å². The first-order valence-electron chi connectivity index (χ1n) is 5.39. The molecule has 0 saturated heterocycles. The quantitative estimate of drug-likeness (QED) is 0.656. The first kappa shape index (κ1) is 14.5. The lowest BCUT2D eigenvalue weighted by molar-refractivity contribution is -0.120. The molecule has 1 aromatic rings. The highest BCUT2D eigenvalue weighted by molar-refractivity contribution is 7.89. The van der Waals surface area contributed by atoms with Gasteiger partial charge in [0.15, 0.2) is 0 Å². The summed E-state index contributed by atoms with van der Waals surface area (Å²) in [7, 11) is -1.99. The summed E-state index contributed by atoms with van der Waals surface area (Å²) in [4.78, 5) is 11.5. The topological polar surface area (TPSA) is 95.5 Å². The van der Waals surface area contributed by atoms with Crippen LogP contribution < -0.4 is 10.0 Å². The number of para-hydroxylation sites is 1. The zero-order chi connectivity index (χ0) is 13.6. The Balaban J connectivity index is 2.42. The molecule has 18 heavy (non-hydrogen) atoms. The molecule has 0 aliphatic carbocycles. The molecule has 0 unspecified atom stereocenters. The number of aromatic hydroxyl groups is 1. The highest BCUT2D eigenvalue weighted by atomic mass is 32.2. The third kappa shape index (κ3) is 4.72. The van der Waals surface area contributed by atoms with E-state index in [4.69, 9.17) is 0 Å². The Morgan fingerprint density at radius 3 is 2.61 bits per heavy atom. The lowest BCUT2D eigenvalue weighted by Crippen LogP contribution is -2.33. The lowest BCUT2D eigenvalue weighted by atomic mass is 10.1. The number of hydrogen-bond donors (Lipinski definition) is 3. The third-order valence-electron chi connectivity index (χ3n) is 2.35. The van der Waals surface area contributed by atoms with Crippen LogP contribution in [0.1, 0.15) is 5.56 Å². The van der Waals surface area contributed by atoms with Crippen LogP contribution in [0.3, 0.4) is 0 Å². The molecule has 0 aliphatic heterocycles. The zero-order valence-electron chi connectivity index (χ0n) is 10.0. The van der Waals surface area contributed by atoms with Crippen LogP contribution in [0.25, 0.3) is 0 Å². The Kier molecular flexibility index (Phi) is 5.11. The Hall–Kier alpha value is -1.60. The average molecular weight is 272 g/mol. The van der Waals surface area contributed by atoms with Crippen molar-refractivity contribution in [2.75, 3.05) is 19.3 Å². The second-order valence-corrected chi connectivity index (χ2v) is 5.72. The average Bonchev–Trinajstić information content (AvgIpc) is 2.32. The number of carbonyl (C=O) groups excluding carboxylic acids is 1. The van der Waals surface area contributed by atoms with E-state index in [1.54, 1.807) is 18.2 Å². The fourth-order valence-electron chi connectivity index (χ4n) is 1.32. The van der Waals surface area contributed by atoms with E-state index in [0.29, 0.717) is 5.56 Å². The predicted molar refractivity (Wildman–Crippen MR) is 67.7 cm³/mol. The number of nitrogens with one attached hydrogen (secondary N) is 2. The molecule has 0 atom stereocenters. The minimum absolute atomic E-state index is 0.0201. The molecule has 0 aliphatic rings. The van der Waals surface area contributed by atoms with Crippen LogP contribution in [0.2, 0.25) is 0 Å². The summed E-state index contributed by atoms with van der Waals surface area (Å²) in [6, 6.07) is 6.51. The van der Waals surface area contributed by atoms with Crippen molar-refractivity contribution < 1.29 is 18.3 Å². The van der Waals surface area contributed by atoms with Crippen LogP contribution in [0.4, 0.5) is 0 Å². The van der Waals surface area contributed by atoms with Crippen molar-refractivity contribution >= 4 is 15.9 Å². The summed E-state index contributed by atoms with van der Waals surface area (Å²) in [5, 5.41) is 11.9. The molecule has 0 spiro atoms. The fraction of sp³-hybridized carbons (Fsp3) is 0.364. The van der Waals surface area contributed by atoms with Gasteiger partial charge in [0.25, 0.3) is 0 Å². The first-order chi connectivity index (χ1) is 8.44. The highest BCUT2D eigenvalue weighted by Gasteiger charge is 2.09. The number of hydrogen-bond acceptors (Lipinski definition) is 4. The number of carbonyl (C=O) groups is 1. The number of benzene rings is 1. The van der Waals surface area contributed by atoms with Crippen molar-refractivity contribution in [2.24, 2.45) is 0 Å². The van der Waals surface area contributed by atoms with Crippen molar-refractivity contribution in [3.8, 4) is 5.75 Å². The van der Waals surface area contributed by atoms with Crippen LogP contribution in [0, 0.1) is 0 Å². The third-order valence-corrected chi connectivity index (χ3v) is 3.71. The van der Waals surface area contributed by atoms with Gasteiger partial charge in [-0.3, -0.25) is 4.79 Å². The molecule has 0 bridgehead atoms. The van der Waals surface area contributed by atoms with Crippen molar-refractivity contribution in [3.63, 3.8) is 0 Å². The molecule has 1 aromatic carbocycles. The van der Waals surface area contributed by atoms with Gasteiger partial charge in [-0.15, -0.1) is 0 Å². The summed E-state index contributed by atoms with van der Waals surface area (Å²) in [5.74, 6) is -0.450. The van der Waals surface area contributed by atoms with E-state index in [2.05, 4.69) is 10.0 Å². The standard InChI is InChI=1S/C11H16N2O4S/c1-12-18(16,17)7-6-13-11(15)8-9-4-2-3-5-10(9)14/h2-5,12,14H,6-8H2,1H3,(H,13,15). The predicted octanol–water partition coefficient (Wildman–Crippen LogP) is -0.400. The maximum Gasteiger partial charge on any atom is 0.224 e. The largest absolute Gasteiger partial charge is 0.508 e. The van der Waals surface area contributed by atoms with E-state index in [1.165, 1.54) is 13.1 Å². The Morgan fingerprint density at radius 1 is 1.33 bits per heavy atom. The molecule has 6 nitrogen and oxygen atoms in total. The van der Waals surface area contributed by atoms with Crippen LogP contribution in [0.15, 0.2) is 24.3 Å². The normalized spacial score (nSPS) is 11.2. The molecular formula is C11H16N2O4S. The van der Waals surface area contributed by atoms with Gasteiger partial charge in [-0.2, -0.15) is 0 Å². The monoisotopic (exact) mass is 272 g/mol. The van der Waals surface area contributed by atoms with Gasteiger partial charge in [0.2, 0.25) is 15.9 Å². The summed E-state index contributed by atoms with van der Waals surface area (Å²) in [6.45, 7) is 0.0373. The molecule has 0 fully saturated rings. The highest BCUT2D eigenvalue weighted by Crippen LogP contribution is 2.15. The summed E-state index contributed by atoms with van der Waals surface area (Å²) in [6.07, 6.45) is 0.0201. The molecule has 100 valence electrons. The molecular weight excluding hydrogens is 256 g/mol. The zero-order valence-corrected chi connectivity index (χ0v) is 10.8. The SMILES string of the molecule is CNS(=O)(=O)CCNC(=O)Cc1ccccc1O. The molecule has 0 heterocycles. The summed E-state index contributed by atoms with van der Waals surface area (Å²) < 4.78 is 24.3. The van der Waals surface area contributed by atoms with Crippen molar-refractivity contribution in [1.29, 1.82) is 0 Å². The molecule has 7 heteroatoms. The van der Waals surface area contributed by atoms with Crippen LogP contribution in [-0.2, 0) is 21.2 Å². The maximum absolute atomic E-state index is 11.5. The van der Waals surface area contributed by atoms with E-state index in [9.17, 15) is 18.3 Å². The van der Waals surface area contributed by atoms with Crippen molar-refractivity contribution in [3.05, 3.63) is 29.8 Å². The molecule has 0 saturated carbocycles. The van der Waals surface area contributed by atoms with Crippen molar-refractivity contribution in [2.45, 2.75) is 6.42 Å². The van der Waals surface area contributed by atoms with Crippen LogP contribution in [0.5, 0.6) is 5.75 Å². The second kappa shape index (κ2) is 6.36. The van der Waals surface area contributed by atoms with E-state index < -0.39 is 10.0 Å². The van der Waals surface area contributed by atoms with Crippen molar-refractivity contribution in [1.82, 2.24) is 10.0 Å². The van der Waals surface area contributed by atoms with Gasteiger partial charge in [-0.1, -0.05) is 18.2 Å². The minimum atomic E-state index is -3.31. The molecule has 1 rings (SSSR count). The maximum atomic E-state index is 11.5. The molecule has 1 amide bonds. The van der Waals surface area contributed by atoms with Crippen LogP contribution >= 0.6 is 0 Å². The van der Waals surface area contributed by atoms with Gasteiger partial charge in [0.1, 0.15) is 5.75 Å². The molecule has 0 radical (unpaired) electrons. The number of amides is 1. The van der Waals surface area contributed by atoms with Crippen LogP contribution in [-0.4, -0.2) is 38.8 Å². The van der Waals surface area contributed by atoms with Gasteiger partial charge >= 0.3 is 0 Å². The van der Waals surface area contributed by atoms with E-state index in [1.807, 2.05) is 0 Å². The lowest BCUT2D eigenvalue weighted by Gasteiger charge is -2.06. The minimum Gasteiger partial charge on any atom is -0.508 e. The Bertz CT molecular complexity index is 514. The number of phenols is 1. The van der Waals surface area contributed by atoms with Gasteiger partial charge in [-0.05, 0) is 13.1 Å². The number of sulfonamides is 1. The molecule has 0 aromatic heterocycles.